The number of benzene rings is 2. The van der Waals surface area contributed by atoms with Gasteiger partial charge in [0.1, 0.15) is 11.8 Å². The van der Waals surface area contributed by atoms with Crippen LogP contribution in [-0.2, 0) is 46.4 Å². The molecule has 4 N–H and O–H groups in total. The standard InChI is InChI=1S/C48H76N6O7/c1-13-32(6)44(53(10)48(59)42(30(2)3)51-47(58)43(31(4)5)52(8)9)40(60-11)28-41(56)54-25-17-20-38(54)45(61-12)33(7)39(55)27-36(26-34-18-15-14-16-19-34)46(57)50-29-35-21-23-37(49)24-22-35/h14-16,18-19,21-24,30-33,36,38,40,42-45H,13,17,20,25-29,49H2,1-12H3,(H,50,57)(H,51,58)/t32-,33-,36-,38-,40+,42-,43-,44-,45+/m0/s1. The topological polar surface area (TPSA) is 164 Å². The van der Waals surface area contributed by atoms with Crippen molar-refractivity contribution in [2.24, 2.45) is 29.6 Å². The van der Waals surface area contributed by atoms with Gasteiger partial charge in [-0.3, -0.25) is 28.9 Å². The maximum Gasteiger partial charge on any atom is 0.245 e. The van der Waals surface area contributed by atoms with Gasteiger partial charge in [-0.25, -0.2) is 0 Å². The Kier molecular flexibility index (Phi) is 20.4. The highest BCUT2D eigenvalue weighted by atomic mass is 16.5. The number of anilines is 1. The van der Waals surface area contributed by atoms with Crippen LogP contribution in [0.3, 0.4) is 0 Å². The minimum Gasteiger partial charge on any atom is -0.399 e. The van der Waals surface area contributed by atoms with E-state index in [1.165, 1.54) is 0 Å². The minimum atomic E-state index is -0.773. The lowest BCUT2D eigenvalue weighted by Gasteiger charge is -2.41. The predicted octanol–water partition coefficient (Wildman–Crippen LogP) is 5.35. The number of methoxy groups -OCH3 is 2. The molecule has 4 amide bonds. The van der Waals surface area contributed by atoms with E-state index in [4.69, 9.17) is 15.2 Å². The van der Waals surface area contributed by atoms with Crippen LogP contribution in [0.1, 0.15) is 91.7 Å². The molecule has 1 saturated heterocycles. The summed E-state index contributed by atoms with van der Waals surface area (Å²) in [6.07, 6.45) is 1.30. The smallest absolute Gasteiger partial charge is 0.245 e. The Hall–Kier alpha value is -4.33. The number of hydrogen-bond donors (Lipinski definition) is 3. The van der Waals surface area contributed by atoms with Gasteiger partial charge in [-0.1, -0.05) is 97.4 Å². The molecule has 0 unspecified atom stereocenters. The summed E-state index contributed by atoms with van der Waals surface area (Å²) in [7, 11) is 8.58. The van der Waals surface area contributed by atoms with Crippen molar-refractivity contribution in [3.8, 4) is 0 Å². The molecule has 1 fully saturated rings. The number of nitrogens with two attached hydrogens (primary N) is 1. The largest absolute Gasteiger partial charge is 0.399 e. The summed E-state index contributed by atoms with van der Waals surface area (Å²) in [5.74, 6) is -2.32. The number of nitrogen functional groups attached to an aromatic ring is 1. The zero-order valence-electron chi connectivity index (χ0n) is 39.0. The van der Waals surface area contributed by atoms with Crippen LogP contribution in [0, 0.1) is 29.6 Å². The molecule has 1 aliphatic heterocycles. The number of carbonyl (C=O) groups excluding carboxylic acids is 5. The van der Waals surface area contributed by atoms with Gasteiger partial charge in [0.2, 0.25) is 23.6 Å². The van der Waals surface area contributed by atoms with E-state index in [1.54, 1.807) is 38.3 Å². The quantitative estimate of drug-likeness (QED) is 0.118. The molecule has 0 spiro atoms. The van der Waals surface area contributed by atoms with E-state index < -0.39 is 42.2 Å². The van der Waals surface area contributed by atoms with Gasteiger partial charge >= 0.3 is 0 Å². The number of ether oxygens (including phenoxy) is 2. The van der Waals surface area contributed by atoms with E-state index in [0.29, 0.717) is 31.6 Å². The summed E-state index contributed by atoms with van der Waals surface area (Å²) in [6, 6.07) is 15.0. The Morgan fingerprint density at radius 1 is 0.836 bits per heavy atom. The number of rotatable bonds is 24. The van der Waals surface area contributed by atoms with Gasteiger partial charge in [-0.05, 0) is 74.4 Å². The molecule has 1 heterocycles. The summed E-state index contributed by atoms with van der Waals surface area (Å²) in [4.78, 5) is 75.4. The zero-order chi connectivity index (χ0) is 45.6. The van der Waals surface area contributed by atoms with Gasteiger partial charge in [-0.15, -0.1) is 0 Å². The number of likely N-dealkylation sites (N-methyl/N-ethyl adjacent to an activating group) is 2. The number of carbonyl (C=O) groups is 5. The lowest BCUT2D eigenvalue weighted by atomic mass is 9.85. The second-order valence-corrected chi connectivity index (χ2v) is 18.0. The first kappa shape index (κ1) is 51.0. The van der Waals surface area contributed by atoms with Crippen molar-refractivity contribution >= 4 is 35.1 Å². The number of hydrogen-bond acceptors (Lipinski definition) is 9. The molecule has 2 aromatic rings. The van der Waals surface area contributed by atoms with E-state index in [9.17, 15) is 24.0 Å². The van der Waals surface area contributed by atoms with Crippen molar-refractivity contribution in [2.45, 2.75) is 130 Å². The Labute approximate surface area is 365 Å². The van der Waals surface area contributed by atoms with Crippen LogP contribution >= 0.6 is 0 Å². The Balaban J connectivity index is 1.79. The number of nitrogens with one attached hydrogen (secondary N) is 2. The molecule has 3 rings (SSSR count). The molecule has 0 aliphatic carbocycles. The van der Waals surface area contributed by atoms with Crippen LogP contribution in [0.25, 0.3) is 0 Å². The fraction of sp³-hybridized carbons (Fsp3) is 0.646. The Morgan fingerprint density at radius 3 is 2.02 bits per heavy atom. The van der Waals surface area contributed by atoms with E-state index >= 15 is 0 Å². The molecule has 340 valence electrons. The van der Waals surface area contributed by atoms with Crippen LogP contribution in [-0.4, -0.2) is 122 Å². The van der Waals surface area contributed by atoms with Crippen molar-refractivity contribution in [3.63, 3.8) is 0 Å². The molecule has 2 aromatic carbocycles. The first-order chi connectivity index (χ1) is 28.9. The van der Waals surface area contributed by atoms with Gasteiger partial charge in [0.15, 0.2) is 0 Å². The Morgan fingerprint density at radius 2 is 1.48 bits per heavy atom. The molecule has 1 aliphatic rings. The summed E-state index contributed by atoms with van der Waals surface area (Å²) in [6.45, 7) is 14.5. The number of amides is 4. The molecule has 13 heteroatoms. The third-order valence-electron chi connectivity index (χ3n) is 12.6. The lowest BCUT2D eigenvalue weighted by Crippen LogP contribution is -2.59. The molecule has 0 aromatic heterocycles. The monoisotopic (exact) mass is 849 g/mol. The number of ketones is 1. The zero-order valence-corrected chi connectivity index (χ0v) is 39.0. The highest BCUT2D eigenvalue weighted by Gasteiger charge is 2.43. The maximum absolute atomic E-state index is 14.4. The third kappa shape index (κ3) is 14.1. The number of likely N-dealkylation sites (tertiary alicyclic amines) is 1. The summed E-state index contributed by atoms with van der Waals surface area (Å²) in [5, 5.41) is 6.07. The third-order valence-corrected chi connectivity index (χ3v) is 12.6. The second kappa shape index (κ2) is 24.3. The Bertz CT molecular complexity index is 1700. The van der Waals surface area contributed by atoms with Gasteiger partial charge in [0, 0.05) is 58.3 Å². The summed E-state index contributed by atoms with van der Waals surface area (Å²) < 4.78 is 12.1. The molecule has 0 bridgehead atoms. The van der Waals surface area contributed by atoms with Crippen molar-refractivity contribution in [2.75, 3.05) is 47.6 Å². The van der Waals surface area contributed by atoms with Gasteiger partial charge in [0.25, 0.3) is 0 Å². The molecule has 13 nitrogen and oxygen atoms in total. The molecular weight excluding hydrogens is 773 g/mol. The summed E-state index contributed by atoms with van der Waals surface area (Å²) >= 11 is 0. The maximum atomic E-state index is 14.4. The first-order valence-corrected chi connectivity index (χ1v) is 22.1. The predicted molar refractivity (Wildman–Crippen MR) is 241 cm³/mol. The van der Waals surface area contributed by atoms with Crippen LogP contribution in [0.2, 0.25) is 0 Å². The average Bonchev–Trinajstić information content (AvgIpc) is 3.71. The van der Waals surface area contributed by atoms with Gasteiger partial charge < -0.3 is 35.6 Å². The van der Waals surface area contributed by atoms with Crippen LogP contribution in [0.15, 0.2) is 54.6 Å². The van der Waals surface area contributed by atoms with Crippen molar-refractivity contribution in [1.82, 2.24) is 25.3 Å². The van der Waals surface area contributed by atoms with Crippen molar-refractivity contribution in [1.29, 1.82) is 0 Å². The fourth-order valence-electron chi connectivity index (χ4n) is 9.00. The number of nitrogens with zero attached hydrogens (tertiary/aromatic N) is 3. The molecular formula is C48H76N6O7. The summed E-state index contributed by atoms with van der Waals surface area (Å²) in [5.41, 5.74) is 8.34. The SMILES string of the molecule is CC[C@H](C)[C@@H]([C@@H](CC(=O)N1CCC[C@H]1[C@H](OC)[C@@H](C)C(=O)C[C@H](Cc1ccccc1)C(=O)NCc1ccc(N)cc1)OC)N(C)C(=O)[C@@H](NC(=O)[C@H](C(C)C)N(C)C)C(C)C. The van der Waals surface area contributed by atoms with Crippen LogP contribution < -0.4 is 16.4 Å². The van der Waals surface area contributed by atoms with Gasteiger partial charge in [-0.2, -0.15) is 0 Å². The van der Waals surface area contributed by atoms with E-state index in [2.05, 4.69) is 10.6 Å². The number of Topliss-reactive ketones (excluding diaryl/α,β-unsaturated/α-hetero) is 1. The van der Waals surface area contributed by atoms with Gasteiger partial charge in [0.05, 0.1) is 36.8 Å². The average molecular weight is 849 g/mol. The van der Waals surface area contributed by atoms with Crippen LogP contribution in [0.4, 0.5) is 5.69 Å². The fourth-order valence-corrected chi connectivity index (χ4v) is 9.00. The van der Waals surface area contributed by atoms with Crippen molar-refractivity contribution < 1.29 is 33.4 Å². The molecule has 61 heavy (non-hydrogen) atoms. The highest BCUT2D eigenvalue weighted by molar-refractivity contribution is 5.90. The van der Waals surface area contributed by atoms with E-state index in [-0.39, 0.29) is 66.0 Å². The van der Waals surface area contributed by atoms with Crippen LogP contribution in [0.5, 0.6) is 0 Å². The first-order valence-electron chi connectivity index (χ1n) is 22.1. The highest BCUT2D eigenvalue weighted by Crippen LogP contribution is 2.31. The minimum absolute atomic E-state index is 0.0119. The molecule has 0 radical (unpaired) electrons. The van der Waals surface area contributed by atoms with Crippen molar-refractivity contribution in [3.05, 3.63) is 65.7 Å². The molecule has 0 saturated carbocycles. The van der Waals surface area contributed by atoms with E-state index in [1.807, 2.05) is 115 Å². The normalized spacial score (nSPS) is 18.2. The lowest BCUT2D eigenvalue weighted by molar-refractivity contribution is -0.148. The second-order valence-electron chi connectivity index (χ2n) is 18.0. The molecule has 9 atom stereocenters. The van der Waals surface area contributed by atoms with E-state index in [0.717, 1.165) is 24.0 Å².